The summed E-state index contributed by atoms with van der Waals surface area (Å²) in [5.41, 5.74) is -1.09. The van der Waals surface area contributed by atoms with Crippen LogP contribution in [0.4, 0.5) is 0 Å². The number of amides is 1. The average Bonchev–Trinajstić information content (AvgIpc) is 2.67. The zero-order valence-corrected chi connectivity index (χ0v) is 11.9. The van der Waals surface area contributed by atoms with E-state index in [-0.39, 0.29) is 18.4 Å². The number of ether oxygens (including phenoxy) is 1. The molecule has 19 heavy (non-hydrogen) atoms. The van der Waals surface area contributed by atoms with Crippen LogP contribution >= 0.6 is 0 Å². The fourth-order valence-corrected chi connectivity index (χ4v) is 4.43. The number of hydrogen-bond acceptors (Lipinski definition) is 5. The van der Waals surface area contributed by atoms with Crippen LogP contribution in [0.25, 0.3) is 0 Å². The van der Waals surface area contributed by atoms with Crippen molar-refractivity contribution in [1.29, 1.82) is 0 Å². The van der Waals surface area contributed by atoms with Crippen molar-refractivity contribution in [2.75, 3.05) is 18.9 Å². The minimum Gasteiger partial charge on any atom is -0.385 e. The summed E-state index contributed by atoms with van der Waals surface area (Å²) in [5, 5.41) is 11.9. The van der Waals surface area contributed by atoms with Crippen LogP contribution in [-0.2, 0) is 19.4 Å². The molecule has 3 unspecified atom stereocenters. The summed E-state index contributed by atoms with van der Waals surface area (Å²) in [6.07, 6.45) is 1.85. The summed E-state index contributed by atoms with van der Waals surface area (Å²) >= 11 is 0. The molecule has 6 nitrogen and oxygen atoms in total. The highest BCUT2D eigenvalue weighted by molar-refractivity contribution is 7.92. The van der Waals surface area contributed by atoms with Gasteiger partial charge in [-0.15, -0.1) is 0 Å². The Labute approximate surface area is 113 Å². The van der Waals surface area contributed by atoms with Gasteiger partial charge in [0.2, 0.25) is 5.91 Å². The Bertz CT molecular complexity index is 449. The monoisotopic (exact) mass is 291 g/mol. The van der Waals surface area contributed by atoms with Crippen LogP contribution in [0.2, 0.25) is 0 Å². The highest BCUT2D eigenvalue weighted by Gasteiger charge is 2.41. The molecule has 2 saturated heterocycles. The Kier molecular flexibility index (Phi) is 4.17. The van der Waals surface area contributed by atoms with Gasteiger partial charge < -0.3 is 15.2 Å². The van der Waals surface area contributed by atoms with E-state index < -0.39 is 26.6 Å². The summed E-state index contributed by atoms with van der Waals surface area (Å²) in [7, 11) is -3.33. The smallest absolute Gasteiger partial charge is 0.238 e. The molecule has 0 aliphatic carbocycles. The van der Waals surface area contributed by atoms with Gasteiger partial charge in [0.05, 0.1) is 11.9 Å². The topological polar surface area (TPSA) is 92.7 Å². The van der Waals surface area contributed by atoms with E-state index in [9.17, 15) is 18.3 Å². The molecule has 0 aromatic carbocycles. The van der Waals surface area contributed by atoms with Gasteiger partial charge in [0.1, 0.15) is 10.9 Å². The number of carbonyl (C=O) groups is 1. The van der Waals surface area contributed by atoms with Crippen LogP contribution in [0, 0.1) is 0 Å². The van der Waals surface area contributed by atoms with Crippen LogP contribution in [0.3, 0.4) is 0 Å². The van der Waals surface area contributed by atoms with Crippen molar-refractivity contribution >= 4 is 15.7 Å². The fraction of sp³-hybridized carbons (Fsp3) is 0.917. The lowest BCUT2D eigenvalue weighted by Gasteiger charge is -2.28. The maximum atomic E-state index is 12.0. The molecule has 0 aromatic rings. The second-order valence-electron chi connectivity index (χ2n) is 5.44. The van der Waals surface area contributed by atoms with Crippen molar-refractivity contribution in [3.05, 3.63) is 0 Å². The molecule has 2 aliphatic heterocycles. The van der Waals surface area contributed by atoms with Crippen molar-refractivity contribution in [2.24, 2.45) is 0 Å². The van der Waals surface area contributed by atoms with Gasteiger partial charge in [0, 0.05) is 19.6 Å². The first-order valence-electron chi connectivity index (χ1n) is 6.68. The summed E-state index contributed by atoms with van der Waals surface area (Å²) in [5.74, 6) is -0.415. The van der Waals surface area contributed by atoms with Gasteiger partial charge in [-0.25, -0.2) is 8.42 Å². The van der Waals surface area contributed by atoms with Crippen molar-refractivity contribution < 1.29 is 23.1 Å². The quantitative estimate of drug-likeness (QED) is 0.739. The van der Waals surface area contributed by atoms with Gasteiger partial charge in [-0.2, -0.15) is 0 Å². The van der Waals surface area contributed by atoms with Crippen molar-refractivity contribution in [2.45, 2.75) is 49.6 Å². The summed E-state index contributed by atoms with van der Waals surface area (Å²) in [6.45, 7) is 2.24. The van der Waals surface area contributed by atoms with Crippen molar-refractivity contribution in [1.82, 2.24) is 5.32 Å². The van der Waals surface area contributed by atoms with Crippen LogP contribution < -0.4 is 5.32 Å². The van der Waals surface area contributed by atoms with Gasteiger partial charge in [-0.1, -0.05) is 6.42 Å². The van der Waals surface area contributed by atoms with E-state index in [1.165, 1.54) is 0 Å². The number of aliphatic hydroxyl groups is 1. The van der Waals surface area contributed by atoms with Crippen molar-refractivity contribution in [3.8, 4) is 0 Å². The van der Waals surface area contributed by atoms with Gasteiger partial charge in [0.15, 0.2) is 9.84 Å². The van der Waals surface area contributed by atoms with Crippen LogP contribution in [0.15, 0.2) is 0 Å². The number of hydrogen-bond donors (Lipinski definition) is 2. The molecule has 2 N–H and O–H groups in total. The molecular formula is C12H21NO5S. The van der Waals surface area contributed by atoms with Crippen LogP contribution in [0.5, 0.6) is 0 Å². The minimum atomic E-state index is -3.33. The molecule has 1 amide bonds. The van der Waals surface area contributed by atoms with Gasteiger partial charge in [0.25, 0.3) is 0 Å². The molecule has 3 atom stereocenters. The van der Waals surface area contributed by atoms with Gasteiger partial charge in [-0.3, -0.25) is 4.79 Å². The normalized spacial score (nSPS) is 38.0. The number of rotatable bonds is 3. The maximum Gasteiger partial charge on any atom is 0.238 e. The molecular weight excluding hydrogens is 270 g/mol. The first kappa shape index (κ1) is 14.7. The Balaban J connectivity index is 1.94. The standard InChI is InChI=1S/C12H21NO5S/c1-9-12(15,5-6-18-9)8-13-11(14)10-4-2-3-7-19(10,16)17/h9-10,15H,2-8H2,1H3,(H,13,14). The van der Waals surface area contributed by atoms with Gasteiger partial charge >= 0.3 is 0 Å². The lowest BCUT2D eigenvalue weighted by molar-refractivity contribution is -0.122. The number of sulfone groups is 1. The van der Waals surface area contributed by atoms with E-state index in [4.69, 9.17) is 4.74 Å². The summed E-state index contributed by atoms with van der Waals surface area (Å²) in [6, 6.07) is 0. The lowest BCUT2D eigenvalue weighted by Crippen LogP contribution is -2.51. The first-order valence-corrected chi connectivity index (χ1v) is 8.40. The lowest BCUT2D eigenvalue weighted by atomic mass is 9.96. The number of nitrogens with one attached hydrogen (secondary N) is 1. The highest BCUT2D eigenvalue weighted by Crippen LogP contribution is 2.25. The molecule has 0 saturated carbocycles. The average molecular weight is 291 g/mol. The third-order valence-electron chi connectivity index (χ3n) is 4.10. The van der Waals surface area contributed by atoms with E-state index in [0.29, 0.717) is 25.9 Å². The highest BCUT2D eigenvalue weighted by atomic mass is 32.2. The predicted molar refractivity (Wildman–Crippen MR) is 69.4 cm³/mol. The molecule has 0 aromatic heterocycles. The predicted octanol–water partition coefficient (Wildman–Crippen LogP) is -0.390. The number of carbonyl (C=O) groups excluding carboxylic acids is 1. The minimum absolute atomic E-state index is 0.0407. The summed E-state index contributed by atoms with van der Waals surface area (Å²) in [4.78, 5) is 12.0. The molecule has 0 bridgehead atoms. The van der Waals surface area contributed by atoms with Crippen LogP contribution in [-0.4, -0.2) is 55.3 Å². The fourth-order valence-electron chi connectivity index (χ4n) is 2.61. The van der Waals surface area contributed by atoms with E-state index >= 15 is 0 Å². The third kappa shape index (κ3) is 3.09. The molecule has 2 fully saturated rings. The molecule has 0 radical (unpaired) electrons. The molecule has 0 spiro atoms. The molecule has 2 heterocycles. The molecule has 2 aliphatic rings. The van der Waals surface area contributed by atoms with E-state index in [1.54, 1.807) is 6.92 Å². The zero-order valence-electron chi connectivity index (χ0n) is 11.1. The van der Waals surface area contributed by atoms with E-state index in [2.05, 4.69) is 5.32 Å². The molecule has 110 valence electrons. The second-order valence-corrected chi connectivity index (χ2v) is 7.74. The SMILES string of the molecule is CC1OCCC1(O)CNC(=O)C1CCCCS1(=O)=O. The van der Waals surface area contributed by atoms with E-state index in [1.807, 2.05) is 0 Å². The Hall–Kier alpha value is -0.660. The largest absolute Gasteiger partial charge is 0.385 e. The third-order valence-corrected chi connectivity index (χ3v) is 6.27. The second kappa shape index (κ2) is 5.38. The summed E-state index contributed by atoms with van der Waals surface area (Å²) < 4.78 is 28.9. The maximum absolute atomic E-state index is 12.0. The van der Waals surface area contributed by atoms with Crippen molar-refractivity contribution in [3.63, 3.8) is 0 Å². The first-order chi connectivity index (χ1) is 8.85. The van der Waals surface area contributed by atoms with Gasteiger partial charge in [-0.05, 0) is 19.8 Å². The molecule has 2 rings (SSSR count). The Morgan fingerprint density at radius 1 is 1.47 bits per heavy atom. The van der Waals surface area contributed by atoms with Crippen LogP contribution in [0.1, 0.15) is 32.6 Å². The molecule has 7 heteroatoms. The Morgan fingerprint density at radius 3 is 2.79 bits per heavy atom. The zero-order chi connectivity index (χ0) is 14.1. The Morgan fingerprint density at radius 2 is 2.21 bits per heavy atom. The van der Waals surface area contributed by atoms with E-state index in [0.717, 1.165) is 6.42 Å².